The molecule has 3 N–H and O–H groups in total. The number of urea groups is 1. The van der Waals surface area contributed by atoms with Crippen molar-refractivity contribution in [2.24, 2.45) is 0 Å². The Bertz CT molecular complexity index is 513. The first kappa shape index (κ1) is 17.1. The van der Waals surface area contributed by atoms with Crippen molar-refractivity contribution in [3.63, 3.8) is 0 Å². The molecule has 0 radical (unpaired) electrons. The molecule has 0 fully saturated rings. The lowest BCUT2D eigenvalue weighted by Crippen LogP contribution is -2.43. The van der Waals surface area contributed by atoms with Gasteiger partial charge in [0.25, 0.3) is 0 Å². The lowest BCUT2D eigenvalue weighted by molar-refractivity contribution is -0.139. The Morgan fingerprint density at radius 3 is 2.71 bits per heavy atom. The van der Waals surface area contributed by atoms with Gasteiger partial charge in [0.1, 0.15) is 6.04 Å². The number of aliphatic carboxylic acids is 1. The zero-order valence-electron chi connectivity index (χ0n) is 11.7. The predicted octanol–water partition coefficient (Wildman–Crippen LogP) is 2.16. The summed E-state index contributed by atoms with van der Waals surface area (Å²) >= 11 is 1.49. The molecule has 0 aliphatic carbocycles. The van der Waals surface area contributed by atoms with Crippen molar-refractivity contribution in [2.45, 2.75) is 12.5 Å². The highest BCUT2D eigenvalue weighted by Crippen LogP contribution is 2.20. The minimum absolute atomic E-state index is 0.0596. The number of thioether (sulfide) groups is 1. The largest absolute Gasteiger partial charge is 0.494 e. The van der Waals surface area contributed by atoms with Gasteiger partial charge in [-0.2, -0.15) is 11.8 Å². The average Bonchev–Trinajstić information content (AvgIpc) is 2.43. The Morgan fingerprint density at radius 2 is 2.19 bits per heavy atom. The summed E-state index contributed by atoms with van der Waals surface area (Å²) in [6.45, 7) is 0. The molecule has 0 aromatic heterocycles. The quantitative estimate of drug-likeness (QED) is 0.717. The van der Waals surface area contributed by atoms with E-state index >= 15 is 0 Å². The lowest BCUT2D eigenvalue weighted by atomic mass is 10.2. The van der Waals surface area contributed by atoms with E-state index in [0.29, 0.717) is 12.2 Å². The number of carbonyl (C=O) groups is 2. The fourth-order valence-corrected chi connectivity index (χ4v) is 2.03. The molecule has 8 heteroatoms. The van der Waals surface area contributed by atoms with Gasteiger partial charge in [-0.3, -0.25) is 0 Å². The van der Waals surface area contributed by atoms with E-state index in [1.807, 2.05) is 6.26 Å². The van der Waals surface area contributed by atoms with Gasteiger partial charge in [0.05, 0.1) is 7.11 Å². The van der Waals surface area contributed by atoms with Gasteiger partial charge >= 0.3 is 12.0 Å². The van der Waals surface area contributed by atoms with Crippen LogP contribution in [0.2, 0.25) is 0 Å². The van der Waals surface area contributed by atoms with E-state index in [1.165, 1.54) is 31.0 Å². The molecular formula is C13H17FN2O4S. The van der Waals surface area contributed by atoms with E-state index in [0.717, 1.165) is 6.07 Å². The summed E-state index contributed by atoms with van der Waals surface area (Å²) in [6, 6.07) is 2.23. The van der Waals surface area contributed by atoms with Gasteiger partial charge in [0, 0.05) is 11.8 Å². The Labute approximate surface area is 126 Å². The minimum atomic E-state index is -1.11. The molecule has 21 heavy (non-hydrogen) atoms. The Kier molecular flexibility index (Phi) is 6.80. The molecule has 0 saturated carbocycles. The second-order valence-corrected chi connectivity index (χ2v) is 5.11. The summed E-state index contributed by atoms with van der Waals surface area (Å²) in [7, 11) is 1.33. The molecule has 2 amide bonds. The first-order valence-corrected chi connectivity index (χ1v) is 7.50. The van der Waals surface area contributed by atoms with Crippen LogP contribution >= 0.6 is 11.8 Å². The summed E-state index contributed by atoms with van der Waals surface area (Å²) in [4.78, 5) is 22.7. The lowest BCUT2D eigenvalue weighted by Gasteiger charge is -2.15. The number of ether oxygens (including phenoxy) is 1. The molecule has 0 spiro atoms. The first-order chi connectivity index (χ1) is 9.97. The Hall–Kier alpha value is -1.96. The summed E-state index contributed by atoms with van der Waals surface area (Å²) < 4.78 is 18.2. The molecular weight excluding hydrogens is 299 g/mol. The third kappa shape index (κ3) is 5.50. The van der Waals surface area contributed by atoms with Crippen LogP contribution in [0.25, 0.3) is 0 Å². The van der Waals surface area contributed by atoms with Crippen LogP contribution in [0.1, 0.15) is 6.42 Å². The topological polar surface area (TPSA) is 87.7 Å². The van der Waals surface area contributed by atoms with E-state index in [-0.39, 0.29) is 11.4 Å². The number of nitrogens with one attached hydrogen (secondary N) is 2. The molecule has 1 rings (SSSR count). The minimum Gasteiger partial charge on any atom is -0.494 e. The molecule has 0 unspecified atom stereocenters. The van der Waals surface area contributed by atoms with Crippen molar-refractivity contribution in [3.05, 3.63) is 24.0 Å². The van der Waals surface area contributed by atoms with Crippen LogP contribution in [-0.4, -0.2) is 42.3 Å². The number of hydrogen-bond acceptors (Lipinski definition) is 4. The van der Waals surface area contributed by atoms with Gasteiger partial charge in [0.2, 0.25) is 0 Å². The van der Waals surface area contributed by atoms with Crippen LogP contribution in [0.4, 0.5) is 14.9 Å². The van der Waals surface area contributed by atoms with E-state index in [2.05, 4.69) is 10.6 Å². The maximum Gasteiger partial charge on any atom is 0.326 e. The zero-order valence-corrected chi connectivity index (χ0v) is 12.5. The van der Waals surface area contributed by atoms with Crippen LogP contribution in [0.5, 0.6) is 5.75 Å². The van der Waals surface area contributed by atoms with Crippen molar-refractivity contribution in [2.75, 3.05) is 24.4 Å². The zero-order chi connectivity index (χ0) is 15.8. The molecule has 0 bridgehead atoms. The van der Waals surface area contributed by atoms with Crippen molar-refractivity contribution in [1.29, 1.82) is 0 Å². The number of carbonyl (C=O) groups excluding carboxylic acids is 1. The number of amides is 2. The van der Waals surface area contributed by atoms with Crippen LogP contribution < -0.4 is 15.4 Å². The molecule has 1 aromatic rings. The molecule has 1 aromatic carbocycles. The van der Waals surface area contributed by atoms with E-state index in [1.54, 1.807) is 0 Å². The van der Waals surface area contributed by atoms with E-state index in [9.17, 15) is 14.0 Å². The number of carboxylic acids is 1. The normalized spacial score (nSPS) is 11.6. The number of hydrogen-bond donors (Lipinski definition) is 3. The smallest absolute Gasteiger partial charge is 0.326 e. The van der Waals surface area contributed by atoms with Gasteiger partial charge in [-0.25, -0.2) is 14.0 Å². The maximum atomic E-state index is 13.5. The standard InChI is InChI=1S/C13H17FN2O4S/c1-20-11-4-3-8(7-9(11)14)15-13(19)16-10(12(17)18)5-6-21-2/h3-4,7,10H,5-6H2,1-2H3,(H,17,18)(H2,15,16,19)/t10-/m1/s1. The van der Waals surface area contributed by atoms with Crippen LogP contribution in [0.3, 0.4) is 0 Å². The number of benzene rings is 1. The second-order valence-electron chi connectivity index (χ2n) is 4.12. The molecule has 0 saturated heterocycles. The first-order valence-electron chi connectivity index (χ1n) is 6.10. The highest BCUT2D eigenvalue weighted by molar-refractivity contribution is 7.98. The highest BCUT2D eigenvalue weighted by atomic mass is 32.2. The second kappa shape index (κ2) is 8.35. The fourth-order valence-electron chi connectivity index (χ4n) is 1.56. The number of halogens is 1. The number of anilines is 1. The summed E-state index contributed by atoms with van der Waals surface area (Å²) in [5.41, 5.74) is 0.208. The van der Waals surface area contributed by atoms with Crippen molar-refractivity contribution >= 4 is 29.4 Å². The Morgan fingerprint density at radius 1 is 1.48 bits per heavy atom. The van der Waals surface area contributed by atoms with Gasteiger partial charge in [0.15, 0.2) is 11.6 Å². The Balaban J connectivity index is 2.63. The SMILES string of the molecule is COc1ccc(NC(=O)N[C@H](CCSC)C(=O)O)cc1F. The summed E-state index contributed by atoms with van der Waals surface area (Å²) in [5.74, 6) is -1.06. The van der Waals surface area contributed by atoms with E-state index in [4.69, 9.17) is 9.84 Å². The highest BCUT2D eigenvalue weighted by Gasteiger charge is 2.19. The third-order valence-electron chi connectivity index (χ3n) is 2.62. The average molecular weight is 316 g/mol. The van der Waals surface area contributed by atoms with Crippen molar-refractivity contribution in [3.8, 4) is 5.75 Å². The molecule has 116 valence electrons. The van der Waals surface area contributed by atoms with Crippen LogP contribution in [-0.2, 0) is 4.79 Å². The predicted molar refractivity (Wildman–Crippen MR) is 79.5 cm³/mol. The monoisotopic (exact) mass is 316 g/mol. The number of methoxy groups -OCH3 is 1. The summed E-state index contributed by atoms with van der Waals surface area (Å²) in [6.07, 6.45) is 2.15. The van der Waals surface area contributed by atoms with Gasteiger partial charge in [-0.1, -0.05) is 0 Å². The maximum absolute atomic E-state index is 13.5. The fraction of sp³-hybridized carbons (Fsp3) is 0.385. The molecule has 0 aliphatic rings. The summed E-state index contributed by atoms with van der Waals surface area (Å²) in [5, 5.41) is 13.7. The van der Waals surface area contributed by atoms with Gasteiger partial charge in [-0.15, -0.1) is 0 Å². The van der Waals surface area contributed by atoms with Gasteiger partial charge in [-0.05, 0) is 30.6 Å². The molecule has 0 aliphatic heterocycles. The third-order valence-corrected chi connectivity index (χ3v) is 3.27. The number of rotatable bonds is 7. The molecule has 0 heterocycles. The van der Waals surface area contributed by atoms with Crippen molar-refractivity contribution < 1.29 is 23.8 Å². The molecule has 1 atom stereocenters. The van der Waals surface area contributed by atoms with Crippen LogP contribution in [0.15, 0.2) is 18.2 Å². The number of carboxylic acid groups (broad SMARTS) is 1. The van der Waals surface area contributed by atoms with E-state index < -0.39 is 23.9 Å². The van der Waals surface area contributed by atoms with Gasteiger partial charge < -0.3 is 20.5 Å². The van der Waals surface area contributed by atoms with Crippen LogP contribution in [0, 0.1) is 5.82 Å². The molecule has 6 nitrogen and oxygen atoms in total. The van der Waals surface area contributed by atoms with Crippen molar-refractivity contribution in [1.82, 2.24) is 5.32 Å².